The van der Waals surface area contributed by atoms with Crippen molar-refractivity contribution >= 4 is 6.09 Å². The van der Waals surface area contributed by atoms with Crippen LogP contribution in [0.25, 0.3) is 0 Å². The third-order valence-corrected chi connectivity index (χ3v) is 4.33. The van der Waals surface area contributed by atoms with E-state index < -0.39 is 11.8 Å². The first-order valence-electron chi connectivity index (χ1n) is 7.37. The molecule has 2 heterocycles. The van der Waals surface area contributed by atoms with Gasteiger partial charge >= 0.3 is 6.09 Å². The number of carbonyl (C=O) groups is 1. The molecule has 3 rings (SSSR count). The van der Waals surface area contributed by atoms with Crippen LogP contribution in [-0.4, -0.2) is 42.1 Å². The second-order valence-corrected chi connectivity index (χ2v) is 5.66. The first-order chi connectivity index (χ1) is 10.1. The minimum Gasteiger partial charge on any atom is -0.450 e. The normalized spacial score (nSPS) is 34.8. The summed E-state index contributed by atoms with van der Waals surface area (Å²) >= 11 is 0. The third-order valence-electron chi connectivity index (χ3n) is 4.33. The minimum absolute atomic E-state index is 0.0777. The molecule has 114 valence electrons. The Morgan fingerprint density at radius 3 is 2.67 bits per heavy atom. The number of epoxide rings is 1. The van der Waals surface area contributed by atoms with E-state index in [1.807, 2.05) is 44.2 Å². The smallest absolute Gasteiger partial charge is 0.412 e. The maximum atomic E-state index is 12.4. The molecule has 21 heavy (non-hydrogen) atoms. The molecule has 0 N–H and O–H groups in total. The zero-order valence-electron chi connectivity index (χ0n) is 12.6. The summed E-state index contributed by atoms with van der Waals surface area (Å²) in [6, 6.07) is 9.75. The molecule has 2 saturated heterocycles. The number of hydrogen-bond donors (Lipinski definition) is 0. The fraction of sp³-hybridized carbons (Fsp3) is 0.562. The average Bonchev–Trinajstić information content (AvgIpc) is 2.91. The van der Waals surface area contributed by atoms with E-state index in [1.54, 1.807) is 11.8 Å². The highest BCUT2D eigenvalue weighted by Gasteiger charge is 2.62. The molecule has 1 aromatic rings. The minimum atomic E-state index is -0.448. The van der Waals surface area contributed by atoms with E-state index >= 15 is 0 Å². The van der Waals surface area contributed by atoms with Crippen molar-refractivity contribution in [1.82, 2.24) is 4.90 Å². The van der Waals surface area contributed by atoms with Crippen LogP contribution >= 0.6 is 0 Å². The summed E-state index contributed by atoms with van der Waals surface area (Å²) in [6.45, 7) is 6.57. The average molecular weight is 291 g/mol. The lowest BCUT2D eigenvalue weighted by atomic mass is 10.0. The largest absolute Gasteiger partial charge is 0.450 e. The van der Waals surface area contributed by atoms with Gasteiger partial charge in [-0.3, -0.25) is 4.90 Å². The van der Waals surface area contributed by atoms with Gasteiger partial charge in [0.15, 0.2) is 6.23 Å². The lowest BCUT2D eigenvalue weighted by Gasteiger charge is -2.29. The van der Waals surface area contributed by atoms with Gasteiger partial charge < -0.3 is 14.2 Å². The van der Waals surface area contributed by atoms with Crippen molar-refractivity contribution in [2.75, 3.05) is 13.2 Å². The third kappa shape index (κ3) is 2.40. The Kier molecular flexibility index (Phi) is 3.63. The van der Waals surface area contributed by atoms with E-state index in [2.05, 4.69) is 0 Å². The zero-order valence-corrected chi connectivity index (χ0v) is 12.6. The molecule has 5 heteroatoms. The van der Waals surface area contributed by atoms with Crippen molar-refractivity contribution in [3.63, 3.8) is 0 Å². The van der Waals surface area contributed by atoms with Gasteiger partial charge in [0.1, 0.15) is 5.60 Å². The van der Waals surface area contributed by atoms with E-state index in [1.165, 1.54) is 0 Å². The quantitative estimate of drug-likeness (QED) is 0.804. The molecule has 0 spiro atoms. The molecule has 0 aliphatic carbocycles. The second kappa shape index (κ2) is 5.31. The molecule has 0 bridgehead atoms. The monoisotopic (exact) mass is 291 g/mol. The van der Waals surface area contributed by atoms with Gasteiger partial charge in [0.25, 0.3) is 0 Å². The van der Waals surface area contributed by atoms with Gasteiger partial charge in [-0.15, -0.1) is 0 Å². The lowest BCUT2D eigenvalue weighted by Crippen LogP contribution is -2.46. The van der Waals surface area contributed by atoms with Crippen molar-refractivity contribution in [2.24, 2.45) is 0 Å². The van der Waals surface area contributed by atoms with Crippen molar-refractivity contribution in [3.8, 4) is 0 Å². The van der Waals surface area contributed by atoms with Crippen LogP contribution in [0.1, 0.15) is 32.4 Å². The molecule has 0 radical (unpaired) electrons. The van der Waals surface area contributed by atoms with E-state index in [-0.39, 0.29) is 18.2 Å². The van der Waals surface area contributed by atoms with Gasteiger partial charge in [0.2, 0.25) is 0 Å². The van der Waals surface area contributed by atoms with Crippen LogP contribution in [0, 0.1) is 0 Å². The van der Waals surface area contributed by atoms with Crippen molar-refractivity contribution < 1.29 is 19.0 Å². The maximum Gasteiger partial charge on any atom is 0.412 e. The predicted octanol–water partition coefficient (Wildman–Crippen LogP) is 2.72. The van der Waals surface area contributed by atoms with Crippen LogP contribution in [0.3, 0.4) is 0 Å². The molecule has 1 amide bonds. The van der Waals surface area contributed by atoms with Crippen LogP contribution in [0.5, 0.6) is 0 Å². The van der Waals surface area contributed by atoms with Gasteiger partial charge in [0, 0.05) is 0 Å². The Hall–Kier alpha value is -1.59. The van der Waals surface area contributed by atoms with E-state index in [0.29, 0.717) is 13.2 Å². The van der Waals surface area contributed by atoms with Crippen molar-refractivity contribution in [1.29, 1.82) is 0 Å². The molecule has 2 aliphatic heterocycles. The maximum absolute atomic E-state index is 12.4. The Morgan fingerprint density at radius 2 is 2.10 bits per heavy atom. The Morgan fingerprint density at radius 1 is 1.43 bits per heavy atom. The lowest BCUT2D eigenvalue weighted by molar-refractivity contribution is -0.0242. The van der Waals surface area contributed by atoms with Crippen LogP contribution < -0.4 is 0 Å². The molecular formula is C16H21NO4. The highest BCUT2D eigenvalue weighted by Crippen LogP contribution is 2.46. The zero-order chi connectivity index (χ0) is 15.0. The highest BCUT2D eigenvalue weighted by molar-refractivity contribution is 5.69. The number of benzene rings is 1. The summed E-state index contributed by atoms with van der Waals surface area (Å²) in [4.78, 5) is 14.1. The summed E-state index contributed by atoms with van der Waals surface area (Å²) in [7, 11) is 0. The van der Waals surface area contributed by atoms with E-state index in [0.717, 1.165) is 5.56 Å². The van der Waals surface area contributed by atoms with Crippen LogP contribution in [0.15, 0.2) is 30.3 Å². The SMILES string of the molecule is CCOC(=O)N1C([C@]2(C)O[C@H]2C)OC[C@H]1c1ccccc1. The number of rotatable bonds is 3. The standard InChI is InChI=1S/C16H21NO4/c1-4-19-15(18)17-13(12-8-6-5-7-9-12)10-20-14(17)16(3)11(2)21-16/h5-9,11,13-14H,4,10H2,1-3H3/t11-,13-,14?,16+/m0/s1. The Balaban J connectivity index is 1.89. The molecular weight excluding hydrogens is 270 g/mol. The van der Waals surface area contributed by atoms with E-state index in [4.69, 9.17) is 14.2 Å². The topological polar surface area (TPSA) is 51.3 Å². The van der Waals surface area contributed by atoms with Gasteiger partial charge in [-0.2, -0.15) is 0 Å². The molecule has 0 saturated carbocycles. The molecule has 2 aliphatic rings. The summed E-state index contributed by atoms with van der Waals surface area (Å²) in [5.41, 5.74) is 0.598. The molecule has 4 atom stereocenters. The predicted molar refractivity (Wildman–Crippen MR) is 76.7 cm³/mol. The molecule has 1 unspecified atom stereocenters. The first kappa shape index (κ1) is 14.4. The first-order valence-corrected chi connectivity index (χ1v) is 7.37. The fourth-order valence-corrected chi connectivity index (χ4v) is 2.91. The van der Waals surface area contributed by atoms with Gasteiger partial charge in [-0.25, -0.2) is 4.79 Å². The summed E-state index contributed by atoms with van der Waals surface area (Å²) in [5, 5.41) is 0. The highest BCUT2D eigenvalue weighted by atomic mass is 16.7. The number of ether oxygens (including phenoxy) is 3. The molecule has 5 nitrogen and oxygen atoms in total. The molecule has 2 fully saturated rings. The number of amides is 1. The molecule has 1 aromatic carbocycles. The Bertz CT molecular complexity index is 520. The van der Waals surface area contributed by atoms with Crippen LogP contribution in [0.2, 0.25) is 0 Å². The Labute approximate surface area is 124 Å². The van der Waals surface area contributed by atoms with Gasteiger partial charge in [-0.05, 0) is 26.3 Å². The second-order valence-electron chi connectivity index (χ2n) is 5.66. The molecule has 0 aromatic heterocycles. The van der Waals surface area contributed by atoms with E-state index in [9.17, 15) is 4.79 Å². The van der Waals surface area contributed by atoms with Crippen LogP contribution in [-0.2, 0) is 14.2 Å². The van der Waals surface area contributed by atoms with Crippen LogP contribution in [0.4, 0.5) is 4.79 Å². The van der Waals surface area contributed by atoms with Gasteiger partial charge in [-0.1, -0.05) is 30.3 Å². The van der Waals surface area contributed by atoms with Gasteiger partial charge in [0.05, 0.1) is 25.4 Å². The van der Waals surface area contributed by atoms with Crippen molar-refractivity contribution in [2.45, 2.75) is 44.7 Å². The number of hydrogen-bond acceptors (Lipinski definition) is 4. The number of carbonyl (C=O) groups excluding carboxylic acids is 1. The fourth-order valence-electron chi connectivity index (χ4n) is 2.91. The number of nitrogens with zero attached hydrogens (tertiary/aromatic N) is 1. The van der Waals surface area contributed by atoms with Crippen molar-refractivity contribution in [3.05, 3.63) is 35.9 Å². The summed E-state index contributed by atoms with van der Waals surface area (Å²) in [6.07, 6.45) is -0.677. The summed E-state index contributed by atoms with van der Waals surface area (Å²) < 4.78 is 16.8. The summed E-state index contributed by atoms with van der Waals surface area (Å²) in [5.74, 6) is 0.